The molecule has 1 aromatic carbocycles. The van der Waals surface area contributed by atoms with E-state index in [4.69, 9.17) is 10.5 Å². The molecule has 0 amide bonds. The number of sulfonamides is 1. The molecule has 6 heteroatoms. The third kappa shape index (κ3) is 5.30. The molecule has 21 heavy (non-hydrogen) atoms. The molecular weight excluding hydrogens is 288 g/mol. The molecule has 0 radical (unpaired) electrons. The maximum absolute atomic E-state index is 12.2. The van der Waals surface area contributed by atoms with Crippen molar-refractivity contribution in [1.82, 2.24) is 4.72 Å². The monoisotopic (exact) mass is 314 g/mol. The van der Waals surface area contributed by atoms with Gasteiger partial charge >= 0.3 is 0 Å². The van der Waals surface area contributed by atoms with E-state index in [1.807, 2.05) is 34.6 Å². The van der Waals surface area contributed by atoms with E-state index in [0.29, 0.717) is 5.75 Å². The Morgan fingerprint density at radius 2 is 1.86 bits per heavy atom. The molecule has 5 nitrogen and oxygen atoms in total. The smallest absolute Gasteiger partial charge is 0.240 e. The summed E-state index contributed by atoms with van der Waals surface area (Å²) in [6.07, 6.45) is 0.0494. The van der Waals surface area contributed by atoms with Crippen LogP contribution in [-0.2, 0) is 10.0 Å². The predicted molar refractivity (Wildman–Crippen MR) is 84.9 cm³/mol. The van der Waals surface area contributed by atoms with Crippen LogP contribution in [0, 0.1) is 12.8 Å². The van der Waals surface area contributed by atoms with Crippen LogP contribution < -0.4 is 15.2 Å². The molecule has 0 spiro atoms. The van der Waals surface area contributed by atoms with Gasteiger partial charge in [0.15, 0.2) is 0 Å². The fourth-order valence-corrected chi connectivity index (χ4v) is 2.86. The summed E-state index contributed by atoms with van der Waals surface area (Å²) in [7, 11) is -3.54. The summed E-state index contributed by atoms with van der Waals surface area (Å²) in [6.45, 7) is 9.83. The minimum absolute atomic E-state index is 0.0494. The standard InChI is InChI=1S/C15H26N2O3S/c1-10(2)14(16)9-17-21(18,19)13-6-7-15(12(5)8-13)20-11(3)4/h6-8,10-11,14,17H,9,16H2,1-5H3. The molecule has 1 aromatic rings. The van der Waals surface area contributed by atoms with Gasteiger partial charge in [0, 0.05) is 12.6 Å². The fraction of sp³-hybridized carbons (Fsp3) is 0.600. The molecule has 3 N–H and O–H groups in total. The molecule has 0 fully saturated rings. The van der Waals surface area contributed by atoms with Crippen LogP contribution in [0.15, 0.2) is 23.1 Å². The Bertz CT molecular complexity index is 568. The van der Waals surface area contributed by atoms with Crippen LogP contribution in [-0.4, -0.2) is 27.1 Å². The summed E-state index contributed by atoms with van der Waals surface area (Å²) in [5.74, 6) is 0.916. The SMILES string of the molecule is Cc1cc(S(=O)(=O)NCC(N)C(C)C)ccc1OC(C)C. The Morgan fingerprint density at radius 1 is 1.24 bits per heavy atom. The molecule has 0 aliphatic rings. The average molecular weight is 314 g/mol. The normalized spacial score (nSPS) is 13.7. The molecule has 0 aliphatic heterocycles. The predicted octanol–water partition coefficient (Wildman–Crippen LogP) is 2.04. The van der Waals surface area contributed by atoms with Crippen LogP contribution in [0.2, 0.25) is 0 Å². The lowest BCUT2D eigenvalue weighted by Gasteiger charge is -2.17. The van der Waals surface area contributed by atoms with E-state index >= 15 is 0 Å². The third-order valence-electron chi connectivity index (χ3n) is 3.18. The second-order valence-corrected chi connectivity index (χ2v) is 7.62. The maximum atomic E-state index is 12.2. The second kappa shape index (κ2) is 7.24. The lowest BCUT2D eigenvalue weighted by atomic mass is 10.1. The lowest BCUT2D eigenvalue weighted by molar-refractivity contribution is 0.240. The van der Waals surface area contributed by atoms with Crippen LogP contribution >= 0.6 is 0 Å². The molecule has 1 atom stereocenters. The fourth-order valence-electron chi connectivity index (χ4n) is 1.70. The third-order valence-corrected chi connectivity index (χ3v) is 4.61. The molecule has 0 heterocycles. The number of benzene rings is 1. The van der Waals surface area contributed by atoms with Gasteiger partial charge in [-0.15, -0.1) is 0 Å². The molecule has 0 aromatic heterocycles. The zero-order valence-corrected chi connectivity index (χ0v) is 14.2. The van der Waals surface area contributed by atoms with Crippen molar-refractivity contribution in [3.8, 4) is 5.75 Å². The van der Waals surface area contributed by atoms with Crippen molar-refractivity contribution in [2.45, 2.75) is 51.7 Å². The van der Waals surface area contributed by atoms with Crippen LogP contribution in [0.5, 0.6) is 5.75 Å². The summed E-state index contributed by atoms with van der Waals surface area (Å²) in [6, 6.07) is 4.64. The number of nitrogens with one attached hydrogen (secondary N) is 1. The van der Waals surface area contributed by atoms with Gasteiger partial charge in [-0.2, -0.15) is 0 Å². The minimum atomic E-state index is -3.54. The first kappa shape index (κ1) is 17.9. The quantitative estimate of drug-likeness (QED) is 0.807. The van der Waals surface area contributed by atoms with Crippen LogP contribution in [0.3, 0.4) is 0 Å². The molecule has 1 unspecified atom stereocenters. The molecule has 0 saturated carbocycles. The van der Waals surface area contributed by atoms with E-state index in [0.717, 1.165) is 5.56 Å². The molecular formula is C15H26N2O3S. The number of hydrogen-bond donors (Lipinski definition) is 2. The van der Waals surface area contributed by atoms with Gasteiger partial charge in [-0.25, -0.2) is 13.1 Å². The molecule has 120 valence electrons. The number of ether oxygens (including phenoxy) is 1. The van der Waals surface area contributed by atoms with Gasteiger partial charge in [0.2, 0.25) is 10.0 Å². The lowest BCUT2D eigenvalue weighted by Crippen LogP contribution is -2.40. The average Bonchev–Trinajstić information content (AvgIpc) is 2.37. The van der Waals surface area contributed by atoms with Crippen LogP contribution in [0.1, 0.15) is 33.3 Å². The number of hydrogen-bond acceptors (Lipinski definition) is 4. The summed E-state index contributed by atoms with van der Waals surface area (Å²) in [5.41, 5.74) is 6.66. The Balaban J connectivity index is 2.87. The van der Waals surface area contributed by atoms with Crippen molar-refractivity contribution in [1.29, 1.82) is 0 Å². The molecule has 0 bridgehead atoms. The van der Waals surface area contributed by atoms with E-state index in [2.05, 4.69) is 4.72 Å². The number of aryl methyl sites for hydroxylation is 1. The first-order valence-corrected chi connectivity index (χ1v) is 8.64. The van der Waals surface area contributed by atoms with Crippen molar-refractivity contribution in [3.63, 3.8) is 0 Å². The second-order valence-electron chi connectivity index (χ2n) is 5.85. The molecule has 0 saturated heterocycles. The van der Waals surface area contributed by atoms with E-state index in [9.17, 15) is 8.42 Å². The Kier molecular flexibility index (Phi) is 6.19. The first-order valence-electron chi connectivity index (χ1n) is 7.16. The van der Waals surface area contributed by atoms with Crippen molar-refractivity contribution in [2.75, 3.05) is 6.54 Å². The van der Waals surface area contributed by atoms with E-state index in [1.54, 1.807) is 18.2 Å². The number of nitrogens with two attached hydrogens (primary N) is 1. The topological polar surface area (TPSA) is 81.4 Å². The van der Waals surface area contributed by atoms with Gasteiger partial charge in [0.1, 0.15) is 5.75 Å². The summed E-state index contributed by atoms with van der Waals surface area (Å²) in [5, 5.41) is 0. The van der Waals surface area contributed by atoms with Gasteiger partial charge in [-0.1, -0.05) is 13.8 Å². The zero-order valence-electron chi connectivity index (χ0n) is 13.4. The summed E-state index contributed by atoms with van der Waals surface area (Å²) in [4.78, 5) is 0.229. The van der Waals surface area contributed by atoms with Crippen LogP contribution in [0.4, 0.5) is 0 Å². The van der Waals surface area contributed by atoms with Gasteiger partial charge < -0.3 is 10.5 Å². The van der Waals surface area contributed by atoms with E-state index < -0.39 is 10.0 Å². The highest BCUT2D eigenvalue weighted by Gasteiger charge is 2.18. The summed E-state index contributed by atoms with van der Waals surface area (Å²) < 4.78 is 32.6. The van der Waals surface area contributed by atoms with Crippen molar-refractivity contribution in [3.05, 3.63) is 23.8 Å². The Morgan fingerprint density at radius 3 is 2.33 bits per heavy atom. The number of rotatable bonds is 7. The van der Waals surface area contributed by atoms with Crippen LogP contribution in [0.25, 0.3) is 0 Å². The molecule has 0 aliphatic carbocycles. The van der Waals surface area contributed by atoms with Crippen molar-refractivity contribution >= 4 is 10.0 Å². The van der Waals surface area contributed by atoms with Gasteiger partial charge in [0.05, 0.1) is 11.0 Å². The highest BCUT2D eigenvalue weighted by Crippen LogP contribution is 2.22. The summed E-state index contributed by atoms with van der Waals surface area (Å²) >= 11 is 0. The van der Waals surface area contributed by atoms with E-state index in [1.165, 1.54) is 0 Å². The Hall–Kier alpha value is -1.11. The largest absolute Gasteiger partial charge is 0.491 e. The van der Waals surface area contributed by atoms with Crippen molar-refractivity contribution in [2.24, 2.45) is 11.7 Å². The molecule has 1 rings (SSSR count). The van der Waals surface area contributed by atoms with Gasteiger partial charge in [0.25, 0.3) is 0 Å². The zero-order chi connectivity index (χ0) is 16.2. The maximum Gasteiger partial charge on any atom is 0.240 e. The minimum Gasteiger partial charge on any atom is -0.491 e. The van der Waals surface area contributed by atoms with Gasteiger partial charge in [-0.3, -0.25) is 0 Å². The van der Waals surface area contributed by atoms with Crippen molar-refractivity contribution < 1.29 is 13.2 Å². The highest BCUT2D eigenvalue weighted by atomic mass is 32.2. The van der Waals surface area contributed by atoms with E-state index in [-0.39, 0.29) is 29.5 Å². The Labute approximate surface area is 127 Å². The van der Waals surface area contributed by atoms with Gasteiger partial charge in [-0.05, 0) is 50.5 Å². The highest BCUT2D eigenvalue weighted by molar-refractivity contribution is 7.89. The first-order chi connectivity index (χ1) is 9.63.